The van der Waals surface area contributed by atoms with E-state index in [1.54, 1.807) is 7.05 Å². The third kappa shape index (κ3) is 3.57. The summed E-state index contributed by atoms with van der Waals surface area (Å²) in [6.07, 6.45) is 0.579. The van der Waals surface area contributed by atoms with E-state index in [0.29, 0.717) is 6.42 Å². The zero-order chi connectivity index (χ0) is 13.9. The molecule has 18 heavy (non-hydrogen) atoms. The molecule has 0 heterocycles. The van der Waals surface area contributed by atoms with E-state index < -0.39 is 6.04 Å². The second-order valence-corrected chi connectivity index (χ2v) is 5.82. The lowest BCUT2D eigenvalue weighted by Crippen LogP contribution is -2.40. The first-order valence-corrected chi connectivity index (χ1v) is 6.33. The third-order valence-electron chi connectivity index (χ3n) is 3.23. The van der Waals surface area contributed by atoms with Crippen molar-refractivity contribution in [2.75, 3.05) is 7.05 Å². The summed E-state index contributed by atoms with van der Waals surface area (Å²) in [4.78, 5) is 11.4. The van der Waals surface area contributed by atoms with Gasteiger partial charge < -0.3 is 11.1 Å². The Kier molecular flexibility index (Phi) is 4.52. The summed E-state index contributed by atoms with van der Waals surface area (Å²) in [7, 11) is 1.61. The minimum atomic E-state index is -0.478. The standard InChI is InChI=1S/C15H24N2O/c1-10-8-12(15(2,3)4)7-6-11(10)9-13(16)14(18)17-5/h6-8,13H,9,16H2,1-5H3,(H,17,18). The van der Waals surface area contributed by atoms with Gasteiger partial charge in [-0.15, -0.1) is 0 Å². The average Bonchev–Trinajstić information content (AvgIpc) is 2.29. The molecule has 0 radical (unpaired) electrons. The van der Waals surface area contributed by atoms with Crippen LogP contribution in [0, 0.1) is 6.92 Å². The highest BCUT2D eigenvalue weighted by Crippen LogP contribution is 2.24. The molecule has 3 heteroatoms. The fourth-order valence-electron chi connectivity index (χ4n) is 1.91. The summed E-state index contributed by atoms with van der Waals surface area (Å²) in [5, 5.41) is 2.58. The molecule has 0 aliphatic heterocycles. The summed E-state index contributed by atoms with van der Waals surface area (Å²) in [6.45, 7) is 8.65. The summed E-state index contributed by atoms with van der Waals surface area (Å²) >= 11 is 0. The van der Waals surface area contributed by atoms with Crippen molar-refractivity contribution in [1.82, 2.24) is 5.32 Å². The molecule has 1 aromatic rings. The van der Waals surface area contributed by atoms with Crippen LogP contribution in [0.15, 0.2) is 18.2 Å². The van der Waals surface area contributed by atoms with Gasteiger partial charge in [-0.1, -0.05) is 39.0 Å². The summed E-state index contributed by atoms with van der Waals surface area (Å²) in [5.74, 6) is -0.116. The zero-order valence-corrected chi connectivity index (χ0v) is 12.0. The Morgan fingerprint density at radius 1 is 1.39 bits per heavy atom. The van der Waals surface area contributed by atoms with Crippen LogP contribution in [-0.2, 0) is 16.6 Å². The van der Waals surface area contributed by atoms with E-state index in [-0.39, 0.29) is 11.3 Å². The van der Waals surface area contributed by atoms with Crippen molar-refractivity contribution >= 4 is 5.91 Å². The van der Waals surface area contributed by atoms with E-state index in [0.717, 1.165) is 5.56 Å². The van der Waals surface area contributed by atoms with Gasteiger partial charge in [0.15, 0.2) is 0 Å². The number of likely N-dealkylation sites (N-methyl/N-ethyl adjacent to an activating group) is 1. The highest BCUT2D eigenvalue weighted by Gasteiger charge is 2.17. The van der Waals surface area contributed by atoms with Gasteiger partial charge in [0.2, 0.25) is 5.91 Å². The van der Waals surface area contributed by atoms with Gasteiger partial charge in [-0.05, 0) is 35.4 Å². The lowest BCUT2D eigenvalue weighted by Gasteiger charge is -2.21. The molecular weight excluding hydrogens is 224 g/mol. The van der Waals surface area contributed by atoms with Crippen LogP contribution >= 0.6 is 0 Å². The Hall–Kier alpha value is -1.35. The molecule has 0 aliphatic rings. The minimum Gasteiger partial charge on any atom is -0.358 e. The van der Waals surface area contributed by atoms with Crippen molar-refractivity contribution in [3.05, 3.63) is 34.9 Å². The van der Waals surface area contributed by atoms with E-state index in [1.807, 2.05) is 0 Å². The molecule has 0 fully saturated rings. The Morgan fingerprint density at radius 3 is 2.44 bits per heavy atom. The first-order valence-electron chi connectivity index (χ1n) is 6.33. The van der Waals surface area contributed by atoms with Crippen LogP contribution in [0.25, 0.3) is 0 Å². The topological polar surface area (TPSA) is 55.1 Å². The zero-order valence-electron chi connectivity index (χ0n) is 12.0. The second-order valence-electron chi connectivity index (χ2n) is 5.82. The summed E-state index contributed by atoms with van der Waals surface area (Å²) in [6, 6.07) is 5.91. The third-order valence-corrected chi connectivity index (χ3v) is 3.23. The molecule has 3 N–H and O–H groups in total. The van der Waals surface area contributed by atoms with E-state index in [9.17, 15) is 4.79 Å². The number of nitrogens with one attached hydrogen (secondary N) is 1. The van der Waals surface area contributed by atoms with Crippen LogP contribution in [0.3, 0.4) is 0 Å². The molecule has 0 saturated heterocycles. The summed E-state index contributed by atoms with van der Waals surface area (Å²) in [5.41, 5.74) is 9.62. The van der Waals surface area contributed by atoms with Gasteiger partial charge in [0, 0.05) is 7.05 Å². The Morgan fingerprint density at radius 2 is 2.00 bits per heavy atom. The molecule has 100 valence electrons. The maximum Gasteiger partial charge on any atom is 0.237 e. The molecular formula is C15H24N2O. The molecule has 0 saturated carbocycles. The maximum absolute atomic E-state index is 11.4. The average molecular weight is 248 g/mol. The SMILES string of the molecule is CNC(=O)C(N)Cc1ccc(C(C)(C)C)cc1C. The monoisotopic (exact) mass is 248 g/mol. The predicted molar refractivity (Wildman–Crippen MR) is 75.6 cm³/mol. The lowest BCUT2D eigenvalue weighted by molar-refractivity contribution is -0.121. The molecule has 1 amide bonds. The molecule has 0 spiro atoms. The van der Waals surface area contributed by atoms with Crippen molar-refractivity contribution in [3.63, 3.8) is 0 Å². The number of aryl methyl sites for hydroxylation is 1. The number of hydrogen-bond acceptors (Lipinski definition) is 2. The molecule has 0 aromatic heterocycles. The largest absolute Gasteiger partial charge is 0.358 e. The van der Waals surface area contributed by atoms with Crippen LogP contribution in [-0.4, -0.2) is 19.0 Å². The quantitative estimate of drug-likeness (QED) is 0.858. The number of rotatable bonds is 3. The van der Waals surface area contributed by atoms with E-state index in [2.05, 4.69) is 51.2 Å². The van der Waals surface area contributed by atoms with E-state index in [4.69, 9.17) is 5.73 Å². The van der Waals surface area contributed by atoms with Crippen LogP contribution < -0.4 is 11.1 Å². The highest BCUT2D eigenvalue weighted by molar-refractivity contribution is 5.81. The second kappa shape index (κ2) is 5.53. The van der Waals surface area contributed by atoms with Crippen molar-refractivity contribution < 1.29 is 4.79 Å². The van der Waals surface area contributed by atoms with E-state index >= 15 is 0 Å². The minimum absolute atomic E-state index is 0.116. The van der Waals surface area contributed by atoms with Crippen LogP contribution in [0.1, 0.15) is 37.5 Å². The predicted octanol–water partition coefficient (Wildman–Crippen LogP) is 1.91. The van der Waals surface area contributed by atoms with Gasteiger partial charge in [0.05, 0.1) is 6.04 Å². The molecule has 0 aliphatic carbocycles. The van der Waals surface area contributed by atoms with Gasteiger partial charge in [-0.2, -0.15) is 0 Å². The van der Waals surface area contributed by atoms with E-state index in [1.165, 1.54) is 11.1 Å². The van der Waals surface area contributed by atoms with Crippen molar-refractivity contribution in [1.29, 1.82) is 0 Å². The number of hydrogen-bond donors (Lipinski definition) is 2. The molecule has 1 rings (SSSR count). The fourth-order valence-corrected chi connectivity index (χ4v) is 1.91. The Labute approximate surface area is 110 Å². The normalized spacial score (nSPS) is 13.2. The number of nitrogens with two attached hydrogens (primary N) is 1. The van der Waals surface area contributed by atoms with Crippen molar-refractivity contribution in [2.45, 2.75) is 45.6 Å². The number of carbonyl (C=O) groups excluding carboxylic acids is 1. The molecule has 1 aromatic carbocycles. The number of amides is 1. The molecule has 1 unspecified atom stereocenters. The van der Waals surface area contributed by atoms with Crippen molar-refractivity contribution in [3.8, 4) is 0 Å². The fraction of sp³-hybridized carbons (Fsp3) is 0.533. The molecule has 0 bridgehead atoms. The van der Waals surface area contributed by atoms with Gasteiger partial charge in [-0.3, -0.25) is 4.79 Å². The first-order chi connectivity index (χ1) is 8.25. The summed E-state index contributed by atoms with van der Waals surface area (Å²) < 4.78 is 0. The molecule has 1 atom stereocenters. The van der Waals surface area contributed by atoms with Gasteiger partial charge in [-0.25, -0.2) is 0 Å². The smallest absolute Gasteiger partial charge is 0.237 e. The first kappa shape index (κ1) is 14.7. The highest BCUT2D eigenvalue weighted by atomic mass is 16.2. The lowest BCUT2D eigenvalue weighted by atomic mass is 9.85. The Bertz CT molecular complexity index is 433. The number of carbonyl (C=O) groups is 1. The van der Waals surface area contributed by atoms with Gasteiger partial charge >= 0.3 is 0 Å². The van der Waals surface area contributed by atoms with Gasteiger partial charge in [0.25, 0.3) is 0 Å². The van der Waals surface area contributed by atoms with Crippen LogP contribution in [0.2, 0.25) is 0 Å². The maximum atomic E-state index is 11.4. The Balaban J connectivity index is 2.90. The number of benzene rings is 1. The van der Waals surface area contributed by atoms with Crippen LogP contribution in [0.4, 0.5) is 0 Å². The van der Waals surface area contributed by atoms with Gasteiger partial charge in [0.1, 0.15) is 0 Å². The van der Waals surface area contributed by atoms with Crippen LogP contribution in [0.5, 0.6) is 0 Å². The van der Waals surface area contributed by atoms with Crippen molar-refractivity contribution in [2.24, 2.45) is 5.73 Å². The molecule has 3 nitrogen and oxygen atoms in total.